The van der Waals surface area contributed by atoms with Crippen molar-refractivity contribution in [3.05, 3.63) is 0 Å². The van der Waals surface area contributed by atoms with Gasteiger partial charge in [0.2, 0.25) is 0 Å². The Morgan fingerprint density at radius 3 is 0.613 bits per heavy atom. The molecule has 0 N–H and O–H groups in total. The van der Waals surface area contributed by atoms with Gasteiger partial charge in [0.1, 0.15) is 0 Å². The van der Waals surface area contributed by atoms with Crippen LogP contribution < -0.4 is 0 Å². The molecule has 0 atom stereocenters. The quantitative estimate of drug-likeness (QED) is 0.0636. The van der Waals surface area contributed by atoms with Crippen LogP contribution in [0.15, 0.2) is 0 Å². The Hall–Kier alpha value is -1.63. The standard InChI is InChI=1S/C16H19F17O3Si.C12H19F9O3Si/c1-4-34-37(35-5-2,36-6-3)8-7-9(17,18)10(19,20)11(21,22)12(23,24)13(25,26)14(27,28)15(29,30)16(31,32)33;1-4-22-25(23-5-2,24-6-3)8-7-9(13,14)10(15,16)11(17,18)12(19,20)21/h4-8H2,1-3H3;4-8H2,1-3H3. The van der Waals surface area contributed by atoms with E-state index in [4.69, 9.17) is 26.6 Å². The summed E-state index contributed by atoms with van der Waals surface area (Å²) in [6, 6.07) is -2.62. The number of rotatable bonds is 26. The van der Waals surface area contributed by atoms with Crippen molar-refractivity contribution in [1.82, 2.24) is 0 Å². The molecule has 62 heavy (non-hydrogen) atoms. The highest BCUT2D eigenvalue weighted by atomic mass is 28.4. The smallest absolute Gasteiger partial charge is 0.374 e. The van der Waals surface area contributed by atoms with E-state index in [1.165, 1.54) is 41.5 Å². The third-order valence-electron chi connectivity index (χ3n) is 7.67. The van der Waals surface area contributed by atoms with Crippen molar-refractivity contribution in [2.24, 2.45) is 0 Å². The summed E-state index contributed by atoms with van der Waals surface area (Å²) >= 11 is 0. The fourth-order valence-electron chi connectivity index (χ4n) is 4.54. The van der Waals surface area contributed by atoms with Crippen LogP contribution in [0, 0.1) is 0 Å². The van der Waals surface area contributed by atoms with Crippen molar-refractivity contribution in [3.8, 4) is 0 Å². The van der Waals surface area contributed by atoms with Gasteiger partial charge >= 0.3 is 89.2 Å². The summed E-state index contributed by atoms with van der Waals surface area (Å²) in [4.78, 5) is 0. The molecule has 0 aliphatic heterocycles. The van der Waals surface area contributed by atoms with Gasteiger partial charge in [0.25, 0.3) is 0 Å². The lowest BCUT2D eigenvalue weighted by molar-refractivity contribution is -0.461. The maximum absolute atomic E-state index is 14.1. The molecule has 34 heteroatoms. The molecule has 0 aliphatic rings. The first-order chi connectivity index (χ1) is 27.3. The summed E-state index contributed by atoms with van der Waals surface area (Å²) in [6.07, 6.45) is -19.3. The van der Waals surface area contributed by atoms with Crippen molar-refractivity contribution < 1.29 is 141 Å². The summed E-state index contributed by atoms with van der Waals surface area (Å²) in [7, 11) is -8.37. The van der Waals surface area contributed by atoms with Crippen LogP contribution in [-0.2, 0) is 26.6 Å². The molecule has 0 radical (unpaired) electrons. The third kappa shape index (κ3) is 12.0. The minimum Gasteiger partial charge on any atom is -0.374 e. The van der Waals surface area contributed by atoms with Crippen molar-refractivity contribution in [3.63, 3.8) is 0 Å². The fourth-order valence-corrected chi connectivity index (χ4v) is 9.79. The Kier molecular flexibility index (Phi) is 21.1. The number of alkyl halides is 26. The minimum atomic E-state index is -8.65. The Morgan fingerprint density at radius 1 is 0.258 bits per heavy atom. The molecule has 0 aromatic heterocycles. The highest BCUT2D eigenvalue weighted by Crippen LogP contribution is 2.64. The molecule has 0 saturated heterocycles. The predicted molar refractivity (Wildman–Crippen MR) is 162 cm³/mol. The number of hydrogen-bond acceptors (Lipinski definition) is 6. The molecule has 0 spiro atoms. The highest BCUT2D eigenvalue weighted by molar-refractivity contribution is 6.61. The Balaban J connectivity index is 0. The molecule has 0 fully saturated rings. The number of hydrogen-bond donors (Lipinski definition) is 0. The molecule has 0 saturated carbocycles. The molecule has 0 aromatic rings. The van der Waals surface area contributed by atoms with Crippen LogP contribution in [0.5, 0.6) is 0 Å². The lowest BCUT2D eigenvalue weighted by atomic mass is 9.88. The van der Waals surface area contributed by atoms with Crippen LogP contribution in [0.1, 0.15) is 54.4 Å². The second-order valence-electron chi connectivity index (χ2n) is 12.0. The van der Waals surface area contributed by atoms with E-state index in [0.29, 0.717) is 0 Å². The molecular formula is C28H38F26O6Si2. The summed E-state index contributed by atoms with van der Waals surface area (Å²) in [5.41, 5.74) is 0. The SMILES string of the molecule is CCO[Si](CCC(F)(F)C(F)(F)C(F)(F)C(F)(F)C(F)(F)C(F)(F)C(F)(F)C(F)(F)F)(OCC)OCC.CCO[Si](CCC(F)(F)C(F)(F)C(F)(F)C(F)(F)F)(OCC)OCC. The van der Waals surface area contributed by atoms with E-state index >= 15 is 0 Å². The maximum atomic E-state index is 14.1. The molecule has 0 amide bonds. The molecule has 6 nitrogen and oxygen atoms in total. The van der Waals surface area contributed by atoms with Gasteiger partial charge in [-0.1, -0.05) is 0 Å². The molecule has 0 unspecified atom stereocenters. The van der Waals surface area contributed by atoms with Crippen LogP contribution >= 0.6 is 0 Å². The summed E-state index contributed by atoms with van der Waals surface area (Å²) in [5.74, 6) is -75.8. The first-order valence-corrected chi connectivity index (χ1v) is 20.9. The van der Waals surface area contributed by atoms with E-state index in [2.05, 4.69) is 0 Å². The zero-order valence-electron chi connectivity index (χ0n) is 32.3. The minimum absolute atomic E-state index is 0.118. The Bertz CT molecular complexity index is 1330. The van der Waals surface area contributed by atoms with Crippen LogP contribution in [0.2, 0.25) is 12.1 Å². The van der Waals surface area contributed by atoms with Gasteiger partial charge in [-0.05, 0) is 41.5 Å². The van der Waals surface area contributed by atoms with Gasteiger partial charge in [-0.2, -0.15) is 114 Å². The number of halogens is 26. The van der Waals surface area contributed by atoms with Crippen LogP contribution in [0.3, 0.4) is 0 Å². The van der Waals surface area contributed by atoms with Crippen molar-refractivity contribution in [1.29, 1.82) is 0 Å². The van der Waals surface area contributed by atoms with Crippen LogP contribution in [0.4, 0.5) is 114 Å². The first kappa shape index (κ1) is 62.5. The summed E-state index contributed by atoms with van der Waals surface area (Å²) < 4.78 is 372. The van der Waals surface area contributed by atoms with Gasteiger partial charge < -0.3 is 26.6 Å². The largest absolute Gasteiger partial charge is 0.501 e. The van der Waals surface area contributed by atoms with Crippen LogP contribution in [0.25, 0.3) is 0 Å². The van der Waals surface area contributed by atoms with E-state index in [1.807, 2.05) is 0 Å². The van der Waals surface area contributed by atoms with Crippen molar-refractivity contribution in [2.75, 3.05) is 39.6 Å². The third-order valence-corrected chi connectivity index (χ3v) is 13.8. The van der Waals surface area contributed by atoms with E-state index < -0.39 is 134 Å². The lowest BCUT2D eigenvalue weighted by Crippen LogP contribution is -2.74. The average molecular weight is 1020 g/mol. The van der Waals surface area contributed by atoms with E-state index in [-0.39, 0.29) is 19.8 Å². The van der Waals surface area contributed by atoms with Crippen LogP contribution in [-0.4, -0.2) is 129 Å². The zero-order chi connectivity index (χ0) is 50.3. The van der Waals surface area contributed by atoms with Gasteiger partial charge in [-0.15, -0.1) is 0 Å². The molecular weight excluding hydrogens is 982 g/mol. The maximum Gasteiger partial charge on any atom is 0.501 e. The predicted octanol–water partition coefficient (Wildman–Crippen LogP) is 12.3. The summed E-state index contributed by atoms with van der Waals surface area (Å²) in [5, 5.41) is 0. The molecule has 0 aliphatic carbocycles. The van der Waals surface area contributed by atoms with Gasteiger partial charge in [-0.3, -0.25) is 0 Å². The summed E-state index contributed by atoms with van der Waals surface area (Å²) in [6.45, 7) is 6.23. The van der Waals surface area contributed by atoms with Gasteiger partial charge in [-0.25, -0.2) is 0 Å². The Morgan fingerprint density at radius 2 is 0.419 bits per heavy atom. The second-order valence-corrected chi connectivity index (χ2v) is 17.4. The van der Waals surface area contributed by atoms with E-state index in [1.54, 1.807) is 0 Å². The first-order valence-electron chi connectivity index (χ1n) is 17.0. The van der Waals surface area contributed by atoms with E-state index in [9.17, 15) is 114 Å². The second kappa shape index (κ2) is 20.9. The average Bonchev–Trinajstić information content (AvgIpc) is 3.09. The molecule has 0 bridgehead atoms. The van der Waals surface area contributed by atoms with Gasteiger partial charge in [0.15, 0.2) is 0 Å². The zero-order valence-corrected chi connectivity index (χ0v) is 34.3. The highest BCUT2D eigenvalue weighted by Gasteiger charge is 2.95. The monoisotopic (exact) mass is 1020 g/mol. The van der Waals surface area contributed by atoms with Gasteiger partial charge in [0, 0.05) is 64.6 Å². The van der Waals surface area contributed by atoms with Crippen molar-refractivity contribution in [2.45, 2.75) is 138 Å². The molecule has 0 heterocycles. The van der Waals surface area contributed by atoms with Gasteiger partial charge in [0.05, 0.1) is 0 Å². The Labute approximate surface area is 336 Å². The fraction of sp³-hybridized carbons (Fsp3) is 1.00. The van der Waals surface area contributed by atoms with Crippen molar-refractivity contribution >= 4 is 17.6 Å². The molecule has 0 rings (SSSR count). The van der Waals surface area contributed by atoms with E-state index in [0.717, 1.165) is 0 Å². The topological polar surface area (TPSA) is 55.4 Å². The normalized spacial score (nSPS) is 15.5. The molecule has 376 valence electrons. The molecule has 0 aromatic carbocycles. The lowest BCUT2D eigenvalue weighted by Gasteiger charge is -2.43.